The normalized spacial score (nSPS) is 9.16. The molecule has 0 aromatic rings. The number of aliphatic hydroxyl groups is 3. The standard InChI is InChI=1S/C8H18O.C4H10O3.C2H6O/c1-3-5-7-9-8-6-4-2;5-1-3-7-4-2-6;1-2-3/h3-8H2,1-2H3;5-6H,1-4H2;3H,2H2,1H3. The Morgan fingerprint density at radius 3 is 1.21 bits per heavy atom. The van der Waals surface area contributed by atoms with E-state index in [9.17, 15) is 0 Å². The van der Waals surface area contributed by atoms with E-state index in [-0.39, 0.29) is 19.8 Å². The van der Waals surface area contributed by atoms with Crippen molar-refractivity contribution in [2.75, 3.05) is 46.2 Å². The molecule has 19 heavy (non-hydrogen) atoms. The van der Waals surface area contributed by atoms with Crippen LogP contribution < -0.4 is 0 Å². The van der Waals surface area contributed by atoms with E-state index < -0.39 is 0 Å². The van der Waals surface area contributed by atoms with Crippen molar-refractivity contribution in [2.45, 2.75) is 46.5 Å². The first-order valence-corrected chi connectivity index (χ1v) is 7.22. The van der Waals surface area contributed by atoms with Gasteiger partial charge in [-0.3, -0.25) is 0 Å². The fraction of sp³-hybridized carbons (Fsp3) is 1.00. The Bertz CT molecular complexity index is 102. The third kappa shape index (κ3) is 46.3. The summed E-state index contributed by atoms with van der Waals surface area (Å²) in [6.07, 6.45) is 4.91. The lowest BCUT2D eigenvalue weighted by Gasteiger charge is -1.99. The molecule has 0 fully saturated rings. The zero-order valence-electron chi connectivity index (χ0n) is 12.9. The minimum atomic E-state index is 0.0278. The smallest absolute Gasteiger partial charge is 0.0698 e. The largest absolute Gasteiger partial charge is 0.397 e. The molecule has 0 amide bonds. The first-order valence-electron chi connectivity index (χ1n) is 7.22. The lowest BCUT2D eigenvalue weighted by Crippen LogP contribution is -2.03. The van der Waals surface area contributed by atoms with Crippen LogP contribution in [-0.2, 0) is 9.47 Å². The average molecular weight is 282 g/mol. The van der Waals surface area contributed by atoms with Gasteiger partial charge in [-0.1, -0.05) is 26.7 Å². The lowest BCUT2D eigenvalue weighted by molar-refractivity contribution is 0.0650. The van der Waals surface area contributed by atoms with Gasteiger partial charge in [0.15, 0.2) is 0 Å². The summed E-state index contributed by atoms with van der Waals surface area (Å²) in [5.74, 6) is 0. The number of hydrogen-bond acceptors (Lipinski definition) is 5. The summed E-state index contributed by atoms with van der Waals surface area (Å²) in [5, 5.41) is 23.7. The van der Waals surface area contributed by atoms with Crippen molar-refractivity contribution in [2.24, 2.45) is 0 Å². The summed E-state index contributed by atoms with van der Waals surface area (Å²) in [6, 6.07) is 0. The molecule has 0 aromatic carbocycles. The maximum absolute atomic E-state index is 8.09. The van der Waals surface area contributed by atoms with E-state index in [4.69, 9.17) is 20.1 Å². The van der Waals surface area contributed by atoms with Crippen LogP contribution in [0.25, 0.3) is 0 Å². The topological polar surface area (TPSA) is 79.2 Å². The molecule has 0 aliphatic carbocycles. The second-order valence-electron chi connectivity index (χ2n) is 3.70. The van der Waals surface area contributed by atoms with Crippen LogP contribution in [0.2, 0.25) is 0 Å². The van der Waals surface area contributed by atoms with Crippen molar-refractivity contribution in [3.05, 3.63) is 0 Å². The van der Waals surface area contributed by atoms with Gasteiger partial charge in [0.1, 0.15) is 0 Å². The van der Waals surface area contributed by atoms with Crippen LogP contribution in [0.5, 0.6) is 0 Å². The second-order valence-corrected chi connectivity index (χ2v) is 3.70. The number of ether oxygens (including phenoxy) is 2. The molecule has 0 spiro atoms. The molecule has 120 valence electrons. The Kier molecular flexibility index (Phi) is 38.5. The predicted octanol–water partition coefficient (Wildman–Crippen LogP) is 1.59. The van der Waals surface area contributed by atoms with Crippen molar-refractivity contribution in [1.82, 2.24) is 0 Å². The van der Waals surface area contributed by atoms with Gasteiger partial charge in [0, 0.05) is 19.8 Å². The summed E-state index contributed by atoms with van der Waals surface area (Å²) in [6.45, 7) is 8.90. The Morgan fingerprint density at radius 1 is 0.632 bits per heavy atom. The van der Waals surface area contributed by atoms with Crippen molar-refractivity contribution >= 4 is 0 Å². The van der Waals surface area contributed by atoms with Gasteiger partial charge in [-0.25, -0.2) is 0 Å². The van der Waals surface area contributed by atoms with Gasteiger partial charge in [-0.05, 0) is 19.8 Å². The number of aliphatic hydroxyl groups excluding tert-OH is 3. The van der Waals surface area contributed by atoms with Crippen LogP contribution in [0, 0.1) is 0 Å². The Morgan fingerprint density at radius 2 is 0.947 bits per heavy atom. The van der Waals surface area contributed by atoms with E-state index in [0.29, 0.717) is 13.2 Å². The van der Waals surface area contributed by atoms with Crippen molar-refractivity contribution in [3.63, 3.8) is 0 Å². The highest BCUT2D eigenvalue weighted by atomic mass is 16.5. The zero-order chi connectivity index (χ0) is 15.2. The Balaban J connectivity index is -0.000000228. The highest BCUT2D eigenvalue weighted by Gasteiger charge is 1.84. The molecule has 0 bridgehead atoms. The third-order valence-corrected chi connectivity index (χ3v) is 1.76. The summed E-state index contributed by atoms with van der Waals surface area (Å²) in [5.41, 5.74) is 0. The summed E-state index contributed by atoms with van der Waals surface area (Å²) in [4.78, 5) is 0. The van der Waals surface area contributed by atoms with Gasteiger partial charge in [0.05, 0.1) is 26.4 Å². The molecule has 3 N–H and O–H groups in total. The van der Waals surface area contributed by atoms with E-state index in [1.807, 2.05) is 0 Å². The average Bonchev–Trinajstić information content (AvgIpc) is 2.41. The van der Waals surface area contributed by atoms with E-state index in [1.54, 1.807) is 6.92 Å². The summed E-state index contributed by atoms with van der Waals surface area (Å²) >= 11 is 0. The quantitative estimate of drug-likeness (QED) is 0.530. The van der Waals surface area contributed by atoms with Crippen molar-refractivity contribution in [1.29, 1.82) is 0 Å². The van der Waals surface area contributed by atoms with Crippen LogP contribution in [-0.4, -0.2) is 61.6 Å². The number of rotatable bonds is 10. The maximum atomic E-state index is 8.09. The van der Waals surface area contributed by atoms with Gasteiger partial charge in [0.2, 0.25) is 0 Å². The van der Waals surface area contributed by atoms with Gasteiger partial charge < -0.3 is 24.8 Å². The molecule has 5 nitrogen and oxygen atoms in total. The molecule has 0 radical (unpaired) electrons. The molecule has 0 atom stereocenters. The SMILES string of the molecule is CCCCOCCCC.CCO.OCCOCCO. The highest BCUT2D eigenvalue weighted by molar-refractivity contribution is 4.33. The van der Waals surface area contributed by atoms with E-state index >= 15 is 0 Å². The molecule has 0 saturated carbocycles. The first kappa shape index (κ1) is 23.9. The fourth-order valence-electron chi connectivity index (χ4n) is 0.826. The molecule has 0 aliphatic rings. The lowest BCUT2D eigenvalue weighted by atomic mass is 10.3. The number of unbranched alkanes of at least 4 members (excludes halogenated alkanes) is 2. The molecule has 0 aromatic heterocycles. The predicted molar refractivity (Wildman–Crippen MR) is 78.4 cm³/mol. The van der Waals surface area contributed by atoms with Crippen LogP contribution in [0.1, 0.15) is 46.5 Å². The van der Waals surface area contributed by atoms with Crippen LogP contribution >= 0.6 is 0 Å². The highest BCUT2D eigenvalue weighted by Crippen LogP contribution is 1.91. The van der Waals surface area contributed by atoms with Crippen LogP contribution in [0.4, 0.5) is 0 Å². The maximum Gasteiger partial charge on any atom is 0.0698 e. The fourth-order valence-corrected chi connectivity index (χ4v) is 0.826. The van der Waals surface area contributed by atoms with E-state index in [1.165, 1.54) is 25.7 Å². The van der Waals surface area contributed by atoms with Gasteiger partial charge in [-0.2, -0.15) is 0 Å². The van der Waals surface area contributed by atoms with Crippen LogP contribution in [0.3, 0.4) is 0 Å². The molecule has 0 unspecified atom stereocenters. The Hall–Kier alpha value is -0.200. The monoisotopic (exact) mass is 282 g/mol. The van der Waals surface area contributed by atoms with Crippen molar-refractivity contribution < 1.29 is 24.8 Å². The molecular formula is C14H34O5. The van der Waals surface area contributed by atoms with Crippen molar-refractivity contribution in [3.8, 4) is 0 Å². The number of hydrogen-bond donors (Lipinski definition) is 3. The zero-order valence-corrected chi connectivity index (χ0v) is 12.9. The van der Waals surface area contributed by atoms with Gasteiger partial charge in [-0.15, -0.1) is 0 Å². The summed E-state index contributed by atoms with van der Waals surface area (Å²) in [7, 11) is 0. The Labute approximate surface area is 118 Å². The minimum absolute atomic E-state index is 0.0278. The summed E-state index contributed by atoms with van der Waals surface area (Å²) < 4.78 is 9.95. The molecule has 0 aliphatic heterocycles. The minimum Gasteiger partial charge on any atom is -0.397 e. The molecule has 0 saturated heterocycles. The third-order valence-electron chi connectivity index (χ3n) is 1.76. The second kappa shape index (κ2) is 30.7. The van der Waals surface area contributed by atoms with E-state index in [2.05, 4.69) is 18.6 Å². The van der Waals surface area contributed by atoms with Gasteiger partial charge >= 0.3 is 0 Å². The molecule has 0 heterocycles. The van der Waals surface area contributed by atoms with E-state index in [0.717, 1.165) is 13.2 Å². The first-order chi connectivity index (χ1) is 9.24. The van der Waals surface area contributed by atoms with Crippen LogP contribution in [0.15, 0.2) is 0 Å². The van der Waals surface area contributed by atoms with Gasteiger partial charge in [0.25, 0.3) is 0 Å². The molecular weight excluding hydrogens is 248 g/mol. The molecule has 0 rings (SSSR count). The molecule has 5 heteroatoms.